The van der Waals surface area contributed by atoms with Crippen molar-refractivity contribution in [3.63, 3.8) is 0 Å². The number of ether oxygens (including phenoxy) is 1. The molecule has 1 aliphatic heterocycles. The molecule has 0 aromatic heterocycles. The van der Waals surface area contributed by atoms with Gasteiger partial charge in [-0.05, 0) is 19.4 Å². The van der Waals surface area contributed by atoms with E-state index in [-0.39, 0.29) is 0 Å². The van der Waals surface area contributed by atoms with Crippen molar-refractivity contribution in [1.82, 2.24) is 4.90 Å². The number of hydrogen-bond donors (Lipinski definition) is 0. The van der Waals surface area contributed by atoms with Crippen LogP contribution in [0.4, 0.5) is 0 Å². The minimum absolute atomic E-state index is 0.491. The molecule has 1 saturated heterocycles. The maximum Gasteiger partial charge on any atom is 0.0700 e. The van der Waals surface area contributed by atoms with Crippen LogP contribution in [-0.4, -0.2) is 37.2 Å². The highest BCUT2D eigenvalue weighted by molar-refractivity contribution is 4.70. The van der Waals surface area contributed by atoms with Crippen molar-refractivity contribution in [1.29, 1.82) is 0 Å². The van der Waals surface area contributed by atoms with Gasteiger partial charge in [-0.15, -0.1) is 0 Å². The van der Waals surface area contributed by atoms with E-state index in [4.69, 9.17) is 4.74 Å². The summed E-state index contributed by atoms with van der Waals surface area (Å²) >= 11 is 0. The summed E-state index contributed by atoms with van der Waals surface area (Å²) in [6.07, 6.45) is 21.9. The van der Waals surface area contributed by atoms with Gasteiger partial charge in [0.05, 0.1) is 12.7 Å². The van der Waals surface area contributed by atoms with Crippen molar-refractivity contribution >= 4 is 0 Å². The molecule has 0 aromatic rings. The first kappa shape index (κ1) is 22.0. The SMILES string of the molecule is CCCCCCCCCCCCCCCCN1CCOC(CC)C1. The van der Waals surface area contributed by atoms with Crippen LogP contribution in [-0.2, 0) is 4.74 Å². The number of nitrogens with zero attached hydrogens (tertiary/aromatic N) is 1. The molecule has 0 saturated carbocycles. The van der Waals surface area contributed by atoms with Gasteiger partial charge in [-0.25, -0.2) is 0 Å². The zero-order chi connectivity index (χ0) is 17.3. The number of unbranched alkanes of at least 4 members (excludes halogenated alkanes) is 13. The van der Waals surface area contributed by atoms with Gasteiger partial charge in [-0.3, -0.25) is 4.90 Å². The first-order valence-corrected chi connectivity index (χ1v) is 11.2. The van der Waals surface area contributed by atoms with Gasteiger partial charge in [-0.2, -0.15) is 0 Å². The first-order chi connectivity index (χ1) is 11.9. The van der Waals surface area contributed by atoms with Gasteiger partial charge in [0.25, 0.3) is 0 Å². The summed E-state index contributed by atoms with van der Waals surface area (Å²) in [6, 6.07) is 0. The van der Waals surface area contributed by atoms with Gasteiger partial charge < -0.3 is 4.74 Å². The predicted octanol–water partition coefficient (Wildman–Crippen LogP) is 6.58. The minimum Gasteiger partial charge on any atom is -0.376 e. The zero-order valence-corrected chi connectivity index (χ0v) is 16.9. The van der Waals surface area contributed by atoms with Crippen LogP contribution in [0.3, 0.4) is 0 Å². The smallest absolute Gasteiger partial charge is 0.0700 e. The number of hydrogen-bond acceptors (Lipinski definition) is 2. The average Bonchev–Trinajstić information content (AvgIpc) is 2.62. The lowest BCUT2D eigenvalue weighted by molar-refractivity contribution is -0.0299. The average molecular weight is 340 g/mol. The quantitative estimate of drug-likeness (QED) is 0.294. The molecule has 0 amide bonds. The molecular formula is C22H45NO. The van der Waals surface area contributed by atoms with Crippen molar-refractivity contribution in [2.45, 2.75) is 116 Å². The summed E-state index contributed by atoms with van der Waals surface area (Å²) in [7, 11) is 0. The molecule has 24 heavy (non-hydrogen) atoms. The fourth-order valence-electron chi connectivity index (χ4n) is 3.76. The fraction of sp³-hybridized carbons (Fsp3) is 1.00. The lowest BCUT2D eigenvalue weighted by Crippen LogP contribution is -2.42. The molecule has 0 spiro atoms. The molecule has 0 aromatic carbocycles. The Morgan fingerprint density at radius 3 is 1.71 bits per heavy atom. The lowest BCUT2D eigenvalue weighted by Gasteiger charge is -2.32. The maximum atomic E-state index is 5.74. The van der Waals surface area contributed by atoms with Gasteiger partial charge in [0.15, 0.2) is 0 Å². The van der Waals surface area contributed by atoms with Crippen LogP contribution < -0.4 is 0 Å². The fourth-order valence-corrected chi connectivity index (χ4v) is 3.76. The van der Waals surface area contributed by atoms with Gasteiger partial charge in [-0.1, -0.05) is 97.3 Å². The summed E-state index contributed by atoms with van der Waals surface area (Å²) in [5, 5.41) is 0. The van der Waals surface area contributed by atoms with Crippen molar-refractivity contribution in [3.8, 4) is 0 Å². The van der Waals surface area contributed by atoms with Gasteiger partial charge in [0.2, 0.25) is 0 Å². The van der Waals surface area contributed by atoms with Crippen LogP contribution in [0.25, 0.3) is 0 Å². The zero-order valence-electron chi connectivity index (χ0n) is 16.9. The topological polar surface area (TPSA) is 12.5 Å². The second-order valence-electron chi connectivity index (χ2n) is 7.80. The van der Waals surface area contributed by atoms with E-state index in [0.29, 0.717) is 6.10 Å². The van der Waals surface area contributed by atoms with Crippen molar-refractivity contribution < 1.29 is 4.74 Å². The molecule has 1 atom stereocenters. The summed E-state index contributed by atoms with van der Waals surface area (Å²) in [4.78, 5) is 2.61. The molecule has 1 rings (SSSR count). The molecule has 1 fully saturated rings. The minimum atomic E-state index is 0.491. The Bertz CT molecular complexity index is 256. The third-order valence-electron chi connectivity index (χ3n) is 5.51. The van der Waals surface area contributed by atoms with Crippen LogP contribution in [0, 0.1) is 0 Å². The monoisotopic (exact) mass is 339 g/mol. The molecule has 0 aliphatic carbocycles. The van der Waals surface area contributed by atoms with Crippen LogP contribution in [0.2, 0.25) is 0 Å². The standard InChI is InChI=1S/C22H45NO/c1-3-5-6-7-8-9-10-11-12-13-14-15-16-17-18-23-19-20-24-22(4-2)21-23/h22H,3-21H2,1-2H3. The van der Waals surface area contributed by atoms with Gasteiger partial charge in [0, 0.05) is 13.1 Å². The van der Waals surface area contributed by atoms with E-state index in [2.05, 4.69) is 18.7 Å². The van der Waals surface area contributed by atoms with E-state index < -0.39 is 0 Å². The van der Waals surface area contributed by atoms with Crippen LogP contribution in [0.15, 0.2) is 0 Å². The molecule has 1 aliphatic rings. The second kappa shape index (κ2) is 16.4. The molecule has 2 nitrogen and oxygen atoms in total. The van der Waals surface area contributed by atoms with E-state index in [1.165, 1.54) is 96.4 Å². The predicted molar refractivity (Wildman–Crippen MR) is 107 cm³/mol. The summed E-state index contributed by atoms with van der Waals surface area (Å²) in [5.41, 5.74) is 0. The summed E-state index contributed by atoms with van der Waals surface area (Å²) in [6.45, 7) is 9.07. The highest BCUT2D eigenvalue weighted by atomic mass is 16.5. The van der Waals surface area contributed by atoms with E-state index in [9.17, 15) is 0 Å². The molecule has 0 bridgehead atoms. The number of rotatable bonds is 16. The molecule has 2 heteroatoms. The summed E-state index contributed by atoms with van der Waals surface area (Å²) in [5.74, 6) is 0. The van der Waals surface area contributed by atoms with Crippen LogP contribution in [0.5, 0.6) is 0 Å². The van der Waals surface area contributed by atoms with E-state index >= 15 is 0 Å². The number of morpholine rings is 1. The Morgan fingerprint density at radius 1 is 0.708 bits per heavy atom. The second-order valence-corrected chi connectivity index (χ2v) is 7.80. The third-order valence-corrected chi connectivity index (χ3v) is 5.51. The van der Waals surface area contributed by atoms with E-state index in [1.807, 2.05) is 0 Å². The van der Waals surface area contributed by atoms with Gasteiger partial charge in [0.1, 0.15) is 0 Å². The Balaban J connectivity index is 1.75. The first-order valence-electron chi connectivity index (χ1n) is 11.2. The highest BCUT2D eigenvalue weighted by Crippen LogP contribution is 2.14. The van der Waals surface area contributed by atoms with Crippen molar-refractivity contribution in [2.75, 3.05) is 26.2 Å². The maximum absolute atomic E-state index is 5.74. The summed E-state index contributed by atoms with van der Waals surface area (Å²) < 4.78 is 5.74. The molecule has 1 heterocycles. The normalized spacial score (nSPS) is 19.0. The van der Waals surface area contributed by atoms with Gasteiger partial charge >= 0.3 is 0 Å². The largest absolute Gasteiger partial charge is 0.376 e. The molecular weight excluding hydrogens is 294 g/mol. The molecule has 0 N–H and O–H groups in total. The molecule has 144 valence electrons. The third kappa shape index (κ3) is 12.3. The highest BCUT2D eigenvalue weighted by Gasteiger charge is 2.17. The van der Waals surface area contributed by atoms with Crippen molar-refractivity contribution in [3.05, 3.63) is 0 Å². The van der Waals surface area contributed by atoms with E-state index in [1.54, 1.807) is 0 Å². The van der Waals surface area contributed by atoms with Crippen LogP contribution >= 0.6 is 0 Å². The van der Waals surface area contributed by atoms with E-state index in [0.717, 1.165) is 26.1 Å². The molecule has 0 radical (unpaired) electrons. The Kier molecular flexibility index (Phi) is 15.0. The Labute approximate surface area is 152 Å². The van der Waals surface area contributed by atoms with Crippen molar-refractivity contribution in [2.24, 2.45) is 0 Å². The Morgan fingerprint density at radius 2 is 1.21 bits per heavy atom. The van der Waals surface area contributed by atoms with Crippen LogP contribution in [0.1, 0.15) is 110 Å². The Hall–Kier alpha value is -0.0800. The lowest BCUT2D eigenvalue weighted by atomic mass is 10.0. The molecule has 1 unspecified atom stereocenters.